The van der Waals surface area contributed by atoms with E-state index in [1.54, 1.807) is 0 Å². The minimum absolute atomic E-state index is 0.427. The van der Waals surface area contributed by atoms with Crippen LogP contribution in [-0.2, 0) is 9.59 Å². The van der Waals surface area contributed by atoms with Crippen molar-refractivity contribution in [3.05, 3.63) is 29.3 Å². The Hall–Kier alpha value is -2.04. The minimum atomic E-state index is -1.32. The van der Waals surface area contributed by atoms with Crippen molar-refractivity contribution in [1.82, 2.24) is 5.32 Å². The molecule has 0 aliphatic heterocycles. The number of carboxylic acids is 1. The average Bonchev–Trinajstić information content (AvgIpc) is 2.33. The second-order valence-corrected chi connectivity index (χ2v) is 5.76. The third-order valence-corrected chi connectivity index (χ3v) is 3.11. The van der Waals surface area contributed by atoms with Gasteiger partial charge in [0.1, 0.15) is 11.3 Å². The summed E-state index contributed by atoms with van der Waals surface area (Å²) in [6, 6.07) is 5.72. The zero-order chi connectivity index (χ0) is 16.2. The zero-order valence-corrected chi connectivity index (χ0v) is 13.2. The lowest BCUT2D eigenvalue weighted by Crippen LogP contribution is -2.53. The van der Waals surface area contributed by atoms with E-state index >= 15 is 0 Å². The van der Waals surface area contributed by atoms with Gasteiger partial charge in [-0.15, -0.1) is 0 Å². The number of amides is 1. The molecule has 0 fully saturated rings. The van der Waals surface area contributed by atoms with Crippen LogP contribution in [0.4, 0.5) is 0 Å². The van der Waals surface area contributed by atoms with Crippen molar-refractivity contribution in [2.24, 2.45) is 0 Å². The Labute approximate surface area is 125 Å². The van der Waals surface area contributed by atoms with Gasteiger partial charge in [-0.3, -0.25) is 4.79 Å². The molecule has 0 spiro atoms. The Balaban J connectivity index is 2.83. The number of hydrogen-bond donors (Lipinski definition) is 2. The van der Waals surface area contributed by atoms with Crippen molar-refractivity contribution in [2.75, 3.05) is 0 Å². The molecule has 0 saturated carbocycles. The molecule has 1 rings (SSSR count). The van der Waals surface area contributed by atoms with Crippen molar-refractivity contribution in [3.63, 3.8) is 0 Å². The van der Waals surface area contributed by atoms with E-state index in [1.807, 2.05) is 39.0 Å². The largest absolute Gasteiger partial charge is 0.481 e. The van der Waals surface area contributed by atoms with Gasteiger partial charge in [-0.05, 0) is 57.4 Å². The molecule has 0 aliphatic carbocycles. The lowest BCUT2D eigenvalue weighted by Gasteiger charge is -2.25. The quantitative estimate of drug-likeness (QED) is 0.844. The van der Waals surface area contributed by atoms with Crippen molar-refractivity contribution in [3.8, 4) is 5.75 Å². The summed E-state index contributed by atoms with van der Waals surface area (Å²) in [5.74, 6) is -0.899. The van der Waals surface area contributed by atoms with Crippen LogP contribution in [0.25, 0.3) is 0 Å². The summed E-state index contributed by atoms with van der Waals surface area (Å²) in [4.78, 5) is 23.2. The highest BCUT2D eigenvalue weighted by Crippen LogP contribution is 2.19. The maximum atomic E-state index is 12.2. The lowest BCUT2D eigenvalue weighted by atomic mass is 10.1. The molecule has 1 atom stereocenters. The second-order valence-electron chi connectivity index (χ2n) is 5.76. The number of carboxylic acid groups (broad SMARTS) is 1. The van der Waals surface area contributed by atoms with E-state index in [4.69, 9.17) is 9.84 Å². The monoisotopic (exact) mass is 293 g/mol. The molecule has 1 amide bonds. The first-order chi connectivity index (χ1) is 9.65. The number of hydrogen-bond acceptors (Lipinski definition) is 3. The number of aryl methyl sites for hydroxylation is 2. The molecule has 0 radical (unpaired) electrons. The number of rotatable bonds is 6. The van der Waals surface area contributed by atoms with Gasteiger partial charge in [-0.1, -0.05) is 13.0 Å². The number of benzene rings is 1. The molecule has 5 nitrogen and oxygen atoms in total. The zero-order valence-electron chi connectivity index (χ0n) is 13.2. The predicted molar refractivity (Wildman–Crippen MR) is 80.5 cm³/mol. The number of nitrogens with one attached hydrogen (secondary N) is 1. The molecule has 0 saturated heterocycles. The molecule has 1 aromatic carbocycles. The van der Waals surface area contributed by atoms with Gasteiger partial charge < -0.3 is 15.2 Å². The Kier molecular flexibility index (Phi) is 5.35. The Morgan fingerprint density at radius 1 is 1.24 bits per heavy atom. The summed E-state index contributed by atoms with van der Waals surface area (Å²) in [6.45, 7) is 8.61. The van der Waals surface area contributed by atoms with Gasteiger partial charge in [0.05, 0.1) is 0 Å². The summed E-state index contributed by atoms with van der Waals surface area (Å²) in [5, 5.41) is 11.5. The molecular formula is C16H23NO4. The highest BCUT2D eigenvalue weighted by molar-refractivity contribution is 5.88. The van der Waals surface area contributed by atoms with Crippen LogP contribution in [0.5, 0.6) is 5.75 Å². The SMILES string of the molecule is CCC(Oc1cc(C)cc(C)c1)C(=O)NC(C)(C)C(=O)O. The van der Waals surface area contributed by atoms with Crippen LogP contribution in [0, 0.1) is 13.8 Å². The standard InChI is InChI=1S/C16H23NO4/c1-6-13(14(18)17-16(4,5)15(19)20)21-12-8-10(2)7-11(3)9-12/h7-9,13H,6H2,1-5H3,(H,17,18)(H,19,20). The molecule has 5 heteroatoms. The van der Waals surface area contributed by atoms with E-state index in [0.717, 1.165) is 11.1 Å². The highest BCUT2D eigenvalue weighted by Gasteiger charge is 2.32. The van der Waals surface area contributed by atoms with Crippen molar-refractivity contribution in [2.45, 2.75) is 52.7 Å². The van der Waals surface area contributed by atoms with Crippen LogP contribution in [0.2, 0.25) is 0 Å². The van der Waals surface area contributed by atoms with E-state index in [2.05, 4.69) is 5.32 Å². The van der Waals surface area contributed by atoms with Crippen LogP contribution in [0.15, 0.2) is 18.2 Å². The first-order valence-electron chi connectivity index (χ1n) is 6.96. The number of carbonyl (C=O) groups is 2. The third-order valence-electron chi connectivity index (χ3n) is 3.11. The lowest BCUT2D eigenvalue weighted by molar-refractivity contribution is -0.147. The van der Waals surface area contributed by atoms with Crippen LogP contribution in [0.3, 0.4) is 0 Å². The average molecular weight is 293 g/mol. The van der Waals surface area contributed by atoms with Gasteiger partial charge in [0.2, 0.25) is 0 Å². The molecule has 0 bridgehead atoms. The van der Waals surface area contributed by atoms with Gasteiger partial charge in [-0.25, -0.2) is 4.79 Å². The van der Waals surface area contributed by atoms with E-state index in [-0.39, 0.29) is 0 Å². The number of carbonyl (C=O) groups excluding carboxylic acids is 1. The van der Waals surface area contributed by atoms with Gasteiger partial charge in [0.15, 0.2) is 6.10 Å². The number of aliphatic carboxylic acids is 1. The maximum absolute atomic E-state index is 12.2. The summed E-state index contributed by atoms with van der Waals surface area (Å²) in [7, 11) is 0. The van der Waals surface area contributed by atoms with Gasteiger partial charge >= 0.3 is 5.97 Å². The highest BCUT2D eigenvalue weighted by atomic mass is 16.5. The predicted octanol–water partition coefficient (Wildman–Crippen LogP) is 2.44. The second kappa shape index (κ2) is 6.61. The fourth-order valence-electron chi connectivity index (χ4n) is 1.93. The molecule has 21 heavy (non-hydrogen) atoms. The van der Waals surface area contributed by atoms with E-state index < -0.39 is 23.5 Å². The van der Waals surface area contributed by atoms with E-state index in [0.29, 0.717) is 12.2 Å². The van der Waals surface area contributed by atoms with Gasteiger partial charge in [0, 0.05) is 0 Å². The Morgan fingerprint density at radius 3 is 2.19 bits per heavy atom. The summed E-state index contributed by atoms with van der Waals surface area (Å²) in [6.07, 6.45) is -0.265. The normalized spacial score (nSPS) is 12.6. The molecule has 2 N–H and O–H groups in total. The molecule has 1 unspecified atom stereocenters. The number of ether oxygens (including phenoxy) is 1. The molecule has 1 aromatic rings. The maximum Gasteiger partial charge on any atom is 0.328 e. The van der Waals surface area contributed by atoms with E-state index in [9.17, 15) is 9.59 Å². The topological polar surface area (TPSA) is 75.6 Å². The molecule has 0 aromatic heterocycles. The molecule has 0 aliphatic rings. The summed E-state index contributed by atoms with van der Waals surface area (Å²) >= 11 is 0. The minimum Gasteiger partial charge on any atom is -0.481 e. The van der Waals surface area contributed by atoms with Crippen molar-refractivity contribution < 1.29 is 19.4 Å². The van der Waals surface area contributed by atoms with Crippen molar-refractivity contribution >= 4 is 11.9 Å². The molecule has 0 heterocycles. The Bertz CT molecular complexity index is 517. The van der Waals surface area contributed by atoms with Crippen LogP contribution < -0.4 is 10.1 Å². The van der Waals surface area contributed by atoms with Crippen LogP contribution in [0.1, 0.15) is 38.3 Å². The summed E-state index contributed by atoms with van der Waals surface area (Å²) < 4.78 is 5.71. The smallest absolute Gasteiger partial charge is 0.328 e. The first-order valence-corrected chi connectivity index (χ1v) is 6.96. The third kappa shape index (κ3) is 4.77. The van der Waals surface area contributed by atoms with Crippen LogP contribution in [-0.4, -0.2) is 28.6 Å². The van der Waals surface area contributed by atoms with Crippen LogP contribution >= 0.6 is 0 Å². The summed E-state index contributed by atoms with van der Waals surface area (Å²) in [5.41, 5.74) is 0.772. The first kappa shape index (κ1) is 17.0. The van der Waals surface area contributed by atoms with E-state index in [1.165, 1.54) is 13.8 Å². The van der Waals surface area contributed by atoms with Gasteiger partial charge in [0.25, 0.3) is 5.91 Å². The Morgan fingerprint density at radius 2 is 1.76 bits per heavy atom. The van der Waals surface area contributed by atoms with Crippen molar-refractivity contribution in [1.29, 1.82) is 0 Å². The fourth-order valence-corrected chi connectivity index (χ4v) is 1.93. The molecule has 116 valence electrons. The van der Waals surface area contributed by atoms with Gasteiger partial charge in [-0.2, -0.15) is 0 Å². The molecular weight excluding hydrogens is 270 g/mol. The fraction of sp³-hybridized carbons (Fsp3) is 0.500.